The van der Waals surface area contributed by atoms with Crippen molar-refractivity contribution >= 4 is 22.7 Å². The first-order valence-electron chi connectivity index (χ1n) is 9.78. The Hall–Kier alpha value is -2.34. The number of benzene rings is 1. The summed E-state index contributed by atoms with van der Waals surface area (Å²) in [6, 6.07) is 7.98. The summed E-state index contributed by atoms with van der Waals surface area (Å²) in [7, 11) is 1.65. The van der Waals surface area contributed by atoms with E-state index in [1.54, 1.807) is 7.11 Å². The maximum absolute atomic E-state index is 10.5. The van der Waals surface area contributed by atoms with E-state index in [4.69, 9.17) is 15.1 Å². The van der Waals surface area contributed by atoms with E-state index >= 15 is 0 Å². The second kappa shape index (κ2) is 8.78. The van der Waals surface area contributed by atoms with Gasteiger partial charge in [-0.3, -0.25) is 5.41 Å². The SMILES string of the molecule is COc1ccc(-c2csc(C3=C(O)CN([C@@H](C)CCCC(C)C)C3=N)n2)cc1. The van der Waals surface area contributed by atoms with Gasteiger partial charge in [-0.2, -0.15) is 0 Å². The summed E-state index contributed by atoms with van der Waals surface area (Å²) in [6.45, 7) is 7.00. The Morgan fingerprint density at radius 1 is 1.21 bits per heavy atom. The van der Waals surface area contributed by atoms with Crippen LogP contribution in [0.5, 0.6) is 5.75 Å². The fraction of sp³-hybridized carbons (Fsp3) is 0.455. The van der Waals surface area contributed by atoms with Gasteiger partial charge in [0.05, 0.1) is 24.9 Å². The molecule has 0 radical (unpaired) electrons. The molecule has 0 unspecified atom stereocenters. The van der Waals surface area contributed by atoms with Crippen molar-refractivity contribution in [3.05, 3.63) is 40.4 Å². The number of ether oxygens (including phenoxy) is 1. The number of rotatable bonds is 8. The van der Waals surface area contributed by atoms with Crippen LogP contribution in [0.4, 0.5) is 0 Å². The molecule has 2 heterocycles. The highest BCUT2D eigenvalue weighted by Gasteiger charge is 2.32. The van der Waals surface area contributed by atoms with Crippen molar-refractivity contribution in [1.29, 1.82) is 5.41 Å². The van der Waals surface area contributed by atoms with Crippen molar-refractivity contribution in [3.8, 4) is 17.0 Å². The lowest BCUT2D eigenvalue weighted by Crippen LogP contribution is -2.35. The molecular formula is C22H29N3O2S. The number of hydrogen-bond donors (Lipinski definition) is 2. The topological polar surface area (TPSA) is 69.4 Å². The number of amidine groups is 1. The van der Waals surface area contributed by atoms with Crippen LogP contribution in [-0.2, 0) is 0 Å². The summed E-state index contributed by atoms with van der Waals surface area (Å²) in [4.78, 5) is 6.68. The Kier molecular flexibility index (Phi) is 6.39. The molecule has 3 rings (SSSR count). The third-order valence-corrected chi connectivity index (χ3v) is 6.03. The largest absolute Gasteiger partial charge is 0.510 e. The minimum absolute atomic E-state index is 0.229. The van der Waals surface area contributed by atoms with Crippen LogP contribution in [0.2, 0.25) is 0 Å². The zero-order chi connectivity index (χ0) is 20.3. The van der Waals surface area contributed by atoms with Gasteiger partial charge in [0, 0.05) is 17.0 Å². The quantitative estimate of drug-likeness (QED) is 0.606. The minimum Gasteiger partial charge on any atom is -0.510 e. The lowest BCUT2D eigenvalue weighted by atomic mass is 10.0. The molecule has 28 heavy (non-hydrogen) atoms. The number of nitrogens with one attached hydrogen (secondary N) is 1. The molecule has 0 saturated heterocycles. The van der Waals surface area contributed by atoms with Crippen molar-refractivity contribution in [1.82, 2.24) is 9.88 Å². The maximum Gasteiger partial charge on any atom is 0.135 e. The summed E-state index contributed by atoms with van der Waals surface area (Å²) >= 11 is 1.47. The number of methoxy groups -OCH3 is 1. The van der Waals surface area contributed by atoms with Crippen LogP contribution in [-0.4, -0.2) is 40.5 Å². The first-order valence-corrected chi connectivity index (χ1v) is 10.7. The molecule has 0 fully saturated rings. The van der Waals surface area contributed by atoms with Crippen molar-refractivity contribution in [2.45, 2.75) is 46.1 Å². The van der Waals surface area contributed by atoms with E-state index in [1.807, 2.05) is 34.5 Å². The molecule has 0 bridgehead atoms. The van der Waals surface area contributed by atoms with Crippen LogP contribution in [0.25, 0.3) is 16.8 Å². The molecule has 0 spiro atoms. The molecule has 1 aromatic carbocycles. The Labute approximate surface area is 171 Å². The van der Waals surface area contributed by atoms with E-state index in [-0.39, 0.29) is 11.8 Å². The zero-order valence-corrected chi connectivity index (χ0v) is 17.8. The summed E-state index contributed by atoms with van der Waals surface area (Å²) in [5.41, 5.74) is 2.41. The van der Waals surface area contributed by atoms with E-state index in [0.29, 0.717) is 28.9 Å². The first kappa shape index (κ1) is 20.4. The molecule has 1 atom stereocenters. The van der Waals surface area contributed by atoms with Gasteiger partial charge in [0.2, 0.25) is 0 Å². The van der Waals surface area contributed by atoms with Crippen LogP contribution in [0.3, 0.4) is 0 Å². The average Bonchev–Trinajstić information content (AvgIpc) is 3.25. The van der Waals surface area contributed by atoms with Crippen molar-refractivity contribution in [2.75, 3.05) is 13.7 Å². The normalized spacial score (nSPS) is 15.6. The molecule has 1 aliphatic rings. The molecule has 1 aromatic heterocycles. The average molecular weight is 400 g/mol. The third-order valence-electron chi connectivity index (χ3n) is 5.17. The molecule has 0 saturated carbocycles. The van der Waals surface area contributed by atoms with Crippen molar-refractivity contribution in [3.63, 3.8) is 0 Å². The van der Waals surface area contributed by atoms with Gasteiger partial charge in [-0.05, 0) is 43.5 Å². The van der Waals surface area contributed by atoms with E-state index in [1.165, 1.54) is 17.8 Å². The molecule has 2 N–H and O–H groups in total. The highest BCUT2D eigenvalue weighted by Crippen LogP contribution is 2.34. The molecule has 0 amide bonds. The number of nitrogens with zero attached hydrogens (tertiary/aromatic N) is 2. The predicted molar refractivity (Wildman–Crippen MR) is 116 cm³/mol. The van der Waals surface area contributed by atoms with Crippen molar-refractivity contribution < 1.29 is 9.84 Å². The second-order valence-electron chi connectivity index (χ2n) is 7.74. The molecule has 0 aliphatic carbocycles. The van der Waals surface area contributed by atoms with Gasteiger partial charge in [-0.25, -0.2) is 4.98 Å². The monoisotopic (exact) mass is 399 g/mol. The molecule has 2 aromatic rings. The van der Waals surface area contributed by atoms with Gasteiger partial charge >= 0.3 is 0 Å². The fourth-order valence-corrected chi connectivity index (χ4v) is 4.36. The molecule has 150 valence electrons. The number of aliphatic hydroxyl groups is 1. The summed E-state index contributed by atoms with van der Waals surface area (Å²) in [5, 5.41) is 21.8. The molecule has 5 nitrogen and oxygen atoms in total. The van der Waals surface area contributed by atoms with Gasteiger partial charge in [0.15, 0.2) is 0 Å². The van der Waals surface area contributed by atoms with Gasteiger partial charge in [0.25, 0.3) is 0 Å². The lowest BCUT2D eigenvalue weighted by Gasteiger charge is -2.26. The maximum atomic E-state index is 10.5. The Balaban J connectivity index is 1.72. The molecule has 1 aliphatic heterocycles. The van der Waals surface area contributed by atoms with E-state index in [2.05, 4.69) is 20.8 Å². The number of thiazole rings is 1. The molecular weight excluding hydrogens is 370 g/mol. The fourth-order valence-electron chi connectivity index (χ4n) is 3.46. The zero-order valence-electron chi connectivity index (χ0n) is 17.0. The second-order valence-corrected chi connectivity index (χ2v) is 8.60. The van der Waals surface area contributed by atoms with Gasteiger partial charge in [0.1, 0.15) is 22.4 Å². The van der Waals surface area contributed by atoms with Crippen LogP contribution in [0.15, 0.2) is 35.4 Å². The summed E-state index contributed by atoms with van der Waals surface area (Å²) < 4.78 is 5.20. The van der Waals surface area contributed by atoms with Gasteiger partial charge in [-0.15, -0.1) is 11.3 Å². The van der Waals surface area contributed by atoms with Crippen LogP contribution < -0.4 is 4.74 Å². The Morgan fingerprint density at radius 2 is 1.93 bits per heavy atom. The minimum atomic E-state index is 0.229. The van der Waals surface area contributed by atoms with Gasteiger partial charge < -0.3 is 14.7 Å². The van der Waals surface area contributed by atoms with E-state index in [9.17, 15) is 5.11 Å². The number of hydrogen-bond acceptors (Lipinski definition) is 5. The highest BCUT2D eigenvalue weighted by atomic mass is 32.1. The van der Waals surface area contributed by atoms with Crippen LogP contribution in [0.1, 0.15) is 45.0 Å². The smallest absolute Gasteiger partial charge is 0.135 e. The van der Waals surface area contributed by atoms with E-state index in [0.717, 1.165) is 29.8 Å². The van der Waals surface area contributed by atoms with Gasteiger partial charge in [-0.1, -0.05) is 26.7 Å². The van der Waals surface area contributed by atoms with Crippen LogP contribution >= 0.6 is 11.3 Å². The van der Waals surface area contributed by atoms with Crippen LogP contribution in [0, 0.1) is 11.3 Å². The lowest BCUT2D eigenvalue weighted by molar-refractivity contribution is 0.289. The third kappa shape index (κ3) is 4.38. The number of aliphatic hydroxyl groups excluding tert-OH is 1. The Morgan fingerprint density at radius 3 is 2.57 bits per heavy atom. The summed E-state index contributed by atoms with van der Waals surface area (Å²) in [6.07, 6.45) is 3.35. The van der Waals surface area contributed by atoms with Crippen molar-refractivity contribution in [2.24, 2.45) is 5.92 Å². The highest BCUT2D eigenvalue weighted by molar-refractivity contribution is 7.11. The summed E-state index contributed by atoms with van der Waals surface area (Å²) in [5.74, 6) is 2.12. The Bertz CT molecular complexity index is 855. The predicted octanol–water partition coefficient (Wildman–Crippen LogP) is 5.60. The standard InChI is InChI=1S/C22H29N3O2S/c1-14(2)6-5-7-15(3)25-12-19(26)20(21(25)23)22-24-18(13-28-22)16-8-10-17(27-4)11-9-16/h8-11,13-15,23,26H,5-7,12H2,1-4H3/t15-/m0/s1. The van der Waals surface area contributed by atoms with E-state index < -0.39 is 0 Å². The molecule has 6 heteroatoms. The first-order chi connectivity index (χ1) is 13.4. The number of aromatic nitrogens is 1.